The monoisotopic (exact) mass is 299 g/mol. The Morgan fingerprint density at radius 2 is 1.90 bits per heavy atom. The van der Waals surface area contributed by atoms with Gasteiger partial charge in [0.2, 0.25) is 0 Å². The van der Waals surface area contributed by atoms with Crippen molar-refractivity contribution in [3.05, 3.63) is 71.0 Å². The fraction of sp³-hybridized carbons (Fsp3) is 0.222. The van der Waals surface area contributed by atoms with Crippen molar-refractivity contribution in [1.29, 1.82) is 0 Å². The van der Waals surface area contributed by atoms with E-state index in [1.54, 1.807) is 30.5 Å². The van der Waals surface area contributed by atoms with Crippen molar-refractivity contribution >= 4 is 23.5 Å². The topological polar surface area (TPSA) is 30.0 Å². The molecule has 0 unspecified atom stereocenters. The first-order chi connectivity index (χ1) is 10.3. The predicted octanol–water partition coefficient (Wildman–Crippen LogP) is 5.19. The molecule has 3 heteroatoms. The van der Waals surface area contributed by atoms with Gasteiger partial charge in [0.15, 0.2) is 5.78 Å². The summed E-state index contributed by atoms with van der Waals surface area (Å²) in [7, 11) is 0. The number of benzene rings is 1. The fourth-order valence-electron chi connectivity index (χ4n) is 2.01. The summed E-state index contributed by atoms with van der Waals surface area (Å²) < 4.78 is 0. The number of halogens is 1. The highest BCUT2D eigenvalue weighted by Gasteiger charge is 2.04. The van der Waals surface area contributed by atoms with Crippen LogP contribution in [-0.2, 0) is 0 Å². The number of Topliss-reactive ketones (excluding diaryl/α,β-unsaturated/α-hetero) is 1. The van der Waals surface area contributed by atoms with Crippen molar-refractivity contribution in [2.24, 2.45) is 0 Å². The van der Waals surface area contributed by atoms with Crippen LogP contribution in [0.1, 0.15) is 41.7 Å². The lowest BCUT2D eigenvalue weighted by molar-refractivity contribution is 0.0979. The Hall–Kier alpha value is -1.93. The number of rotatable bonds is 7. The van der Waals surface area contributed by atoms with E-state index in [1.807, 2.05) is 24.3 Å². The summed E-state index contributed by atoms with van der Waals surface area (Å²) >= 11 is 5.80. The molecule has 2 nitrogen and oxygen atoms in total. The Balaban J connectivity index is 1.67. The van der Waals surface area contributed by atoms with Crippen molar-refractivity contribution in [1.82, 2.24) is 4.98 Å². The van der Waals surface area contributed by atoms with Crippen LogP contribution in [0.2, 0.25) is 5.02 Å². The van der Waals surface area contributed by atoms with Gasteiger partial charge in [0.05, 0.1) is 5.69 Å². The molecule has 0 fully saturated rings. The van der Waals surface area contributed by atoms with Crippen LogP contribution in [0.4, 0.5) is 0 Å². The van der Waals surface area contributed by atoms with E-state index in [2.05, 4.69) is 11.1 Å². The quantitative estimate of drug-likeness (QED) is 0.520. The molecule has 0 aliphatic heterocycles. The van der Waals surface area contributed by atoms with Gasteiger partial charge in [-0.05, 0) is 61.7 Å². The highest BCUT2D eigenvalue weighted by atomic mass is 35.5. The maximum absolute atomic E-state index is 11.9. The van der Waals surface area contributed by atoms with Gasteiger partial charge in [-0.25, -0.2) is 0 Å². The molecule has 0 aliphatic carbocycles. The molecule has 108 valence electrons. The lowest BCUT2D eigenvalue weighted by atomic mass is 10.0. The molecule has 1 aromatic heterocycles. The molecule has 0 radical (unpaired) electrons. The minimum Gasteiger partial charge on any atom is -0.294 e. The molecular weight excluding hydrogens is 282 g/mol. The number of carbonyl (C=O) groups is 1. The molecule has 21 heavy (non-hydrogen) atoms. The van der Waals surface area contributed by atoms with E-state index < -0.39 is 0 Å². The zero-order chi connectivity index (χ0) is 14.9. The third kappa shape index (κ3) is 5.52. The number of carbonyl (C=O) groups excluding carboxylic acids is 1. The molecule has 0 bridgehead atoms. The lowest BCUT2D eigenvalue weighted by Crippen LogP contribution is -1.98. The summed E-state index contributed by atoms with van der Waals surface area (Å²) in [6.07, 6.45) is 9.35. The Labute approximate surface area is 130 Å². The molecule has 1 aromatic carbocycles. The summed E-state index contributed by atoms with van der Waals surface area (Å²) in [6.45, 7) is 0. The van der Waals surface area contributed by atoms with Gasteiger partial charge in [0, 0.05) is 23.2 Å². The van der Waals surface area contributed by atoms with Crippen LogP contribution in [0.5, 0.6) is 0 Å². The first-order valence-corrected chi connectivity index (χ1v) is 7.50. The number of aromatic nitrogens is 1. The van der Waals surface area contributed by atoms with Gasteiger partial charge in [-0.2, -0.15) is 0 Å². The number of pyridine rings is 1. The maximum Gasteiger partial charge on any atom is 0.162 e. The Kier molecular flexibility index (Phi) is 6.17. The molecule has 0 amide bonds. The molecule has 0 atom stereocenters. The van der Waals surface area contributed by atoms with E-state index in [4.69, 9.17) is 11.6 Å². The Morgan fingerprint density at radius 1 is 1.10 bits per heavy atom. The molecule has 0 saturated heterocycles. The number of nitrogens with zero attached hydrogens (tertiary/aromatic N) is 1. The van der Waals surface area contributed by atoms with E-state index in [1.165, 1.54) is 0 Å². The second-order valence-corrected chi connectivity index (χ2v) is 5.27. The van der Waals surface area contributed by atoms with E-state index in [0.29, 0.717) is 11.4 Å². The summed E-state index contributed by atoms with van der Waals surface area (Å²) in [4.78, 5) is 16.2. The molecule has 0 saturated carbocycles. The average molecular weight is 300 g/mol. The summed E-state index contributed by atoms with van der Waals surface area (Å²) in [5, 5.41) is 0.659. The van der Waals surface area contributed by atoms with Crippen molar-refractivity contribution in [2.75, 3.05) is 0 Å². The van der Waals surface area contributed by atoms with Gasteiger partial charge in [-0.3, -0.25) is 9.78 Å². The average Bonchev–Trinajstić information content (AvgIpc) is 2.52. The second-order valence-electron chi connectivity index (χ2n) is 4.83. The standard InChI is InChI=1S/C18H18ClNO/c19-16-12-10-15(11-13-16)18(21)9-4-2-1-3-7-17-8-5-6-14-20-17/h3,5-8,10-14H,1-2,4,9H2/b7-3-. The highest BCUT2D eigenvalue weighted by molar-refractivity contribution is 6.30. The highest BCUT2D eigenvalue weighted by Crippen LogP contribution is 2.13. The van der Waals surface area contributed by atoms with Crippen LogP contribution in [0.15, 0.2) is 54.7 Å². The van der Waals surface area contributed by atoms with Crippen molar-refractivity contribution in [3.63, 3.8) is 0 Å². The Morgan fingerprint density at radius 3 is 2.62 bits per heavy atom. The fourth-order valence-corrected chi connectivity index (χ4v) is 2.13. The van der Waals surface area contributed by atoms with E-state index in [0.717, 1.165) is 30.5 Å². The summed E-state index contributed by atoms with van der Waals surface area (Å²) in [5.41, 5.74) is 1.71. The lowest BCUT2D eigenvalue weighted by Gasteiger charge is -2.00. The second kappa shape index (κ2) is 8.38. The van der Waals surface area contributed by atoms with Gasteiger partial charge in [0.1, 0.15) is 0 Å². The molecule has 0 spiro atoms. The first kappa shape index (κ1) is 15.5. The molecule has 2 aromatic rings. The molecule has 2 rings (SSSR count). The van der Waals surface area contributed by atoms with Crippen LogP contribution in [0, 0.1) is 0 Å². The van der Waals surface area contributed by atoms with E-state index in [9.17, 15) is 4.79 Å². The maximum atomic E-state index is 11.9. The minimum absolute atomic E-state index is 0.181. The van der Waals surface area contributed by atoms with Crippen LogP contribution >= 0.6 is 11.6 Å². The molecule has 0 N–H and O–H groups in total. The molecule has 1 heterocycles. The number of allylic oxidation sites excluding steroid dienone is 1. The van der Waals surface area contributed by atoms with Gasteiger partial charge in [0.25, 0.3) is 0 Å². The van der Waals surface area contributed by atoms with E-state index >= 15 is 0 Å². The number of unbranched alkanes of at least 4 members (excludes halogenated alkanes) is 2. The van der Waals surface area contributed by atoms with Crippen LogP contribution in [-0.4, -0.2) is 10.8 Å². The normalized spacial score (nSPS) is 10.9. The minimum atomic E-state index is 0.181. The van der Waals surface area contributed by atoms with Crippen LogP contribution < -0.4 is 0 Å². The predicted molar refractivity (Wildman–Crippen MR) is 87.5 cm³/mol. The van der Waals surface area contributed by atoms with Gasteiger partial charge < -0.3 is 0 Å². The third-order valence-electron chi connectivity index (χ3n) is 3.17. The zero-order valence-corrected chi connectivity index (χ0v) is 12.6. The van der Waals surface area contributed by atoms with Crippen LogP contribution in [0.25, 0.3) is 6.08 Å². The smallest absolute Gasteiger partial charge is 0.162 e. The van der Waals surface area contributed by atoms with Crippen LogP contribution in [0.3, 0.4) is 0 Å². The molecule has 0 aliphatic rings. The number of ketones is 1. The zero-order valence-electron chi connectivity index (χ0n) is 11.8. The molecular formula is C18H18ClNO. The first-order valence-electron chi connectivity index (χ1n) is 7.12. The van der Waals surface area contributed by atoms with E-state index in [-0.39, 0.29) is 5.78 Å². The SMILES string of the molecule is O=C(CCCC/C=C\c1ccccn1)c1ccc(Cl)cc1. The van der Waals surface area contributed by atoms with Gasteiger partial charge in [-0.1, -0.05) is 23.7 Å². The van der Waals surface area contributed by atoms with Crippen molar-refractivity contribution in [2.45, 2.75) is 25.7 Å². The van der Waals surface area contributed by atoms with Gasteiger partial charge >= 0.3 is 0 Å². The van der Waals surface area contributed by atoms with Crippen molar-refractivity contribution < 1.29 is 4.79 Å². The summed E-state index contributed by atoms with van der Waals surface area (Å²) in [5.74, 6) is 0.181. The number of hydrogen-bond acceptors (Lipinski definition) is 2. The number of hydrogen-bond donors (Lipinski definition) is 0. The Bertz CT molecular complexity index is 590. The summed E-state index contributed by atoms with van der Waals surface area (Å²) in [6, 6.07) is 12.9. The third-order valence-corrected chi connectivity index (χ3v) is 3.42. The largest absolute Gasteiger partial charge is 0.294 e. The van der Waals surface area contributed by atoms with Crippen molar-refractivity contribution in [3.8, 4) is 0 Å². The van der Waals surface area contributed by atoms with Gasteiger partial charge in [-0.15, -0.1) is 0 Å².